The number of ether oxygens (including phenoxy) is 1. The van der Waals surface area contributed by atoms with Gasteiger partial charge in [0, 0.05) is 22.4 Å². The highest BCUT2D eigenvalue weighted by Gasteiger charge is 2.22. The zero-order valence-electron chi connectivity index (χ0n) is 19.7. The number of benzene rings is 3. The Morgan fingerprint density at radius 1 is 0.886 bits per heavy atom. The third-order valence-corrected chi connectivity index (χ3v) is 6.27. The number of carbonyl (C=O) groups excluding carboxylic acids is 2. The lowest BCUT2D eigenvalue weighted by Gasteiger charge is -2.18. The summed E-state index contributed by atoms with van der Waals surface area (Å²) in [6, 6.07) is 15.3. The van der Waals surface area contributed by atoms with Crippen LogP contribution in [-0.4, -0.2) is 27.3 Å². The van der Waals surface area contributed by atoms with Gasteiger partial charge in [-0.25, -0.2) is 12.8 Å². The molecule has 0 atom stereocenters. The molecule has 3 aromatic rings. The van der Waals surface area contributed by atoms with Crippen molar-refractivity contribution in [2.75, 3.05) is 22.5 Å². The summed E-state index contributed by atoms with van der Waals surface area (Å²) < 4.78 is 46.2. The van der Waals surface area contributed by atoms with Crippen LogP contribution in [-0.2, 0) is 14.8 Å². The predicted molar refractivity (Wildman–Crippen MR) is 133 cm³/mol. The normalized spacial score (nSPS) is 11.5. The number of rotatable bonds is 7. The number of hydrogen-bond donors (Lipinski definition) is 3. The van der Waals surface area contributed by atoms with Crippen LogP contribution >= 0.6 is 0 Å². The summed E-state index contributed by atoms with van der Waals surface area (Å²) in [6.45, 7) is 5.35. The van der Waals surface area contributed by atoms with E-state index in [-0.39, 0.29) is 22.2 Å². The lowest BCUT2D eigenvalue weighted by molar-refractivity contribution is -0.123. The summed E-state index contributed by atoms with van der Waals surface area (Å²) >= 11 is 0. The number of carbonyl (C=O) groups is 2. The quantitative estimate of drug-likeness (QED) is 0.429. The van der Waals surface area contributed by atoms with Crippen molar-refractivity contribution >= 4 is 38.9 Å². The Balaban J connectivity index is 1.81. The van der Waals surface area contributed by atoms with Crippen molar-refractivity contribution in [1.29, 1.82) is 0 Å². The van der Waals surface area contributed by atoms with Crippen molar-refractivity contribution in [1.82, 2.24) is 0 Å². The second-order valence-electron chi connectivity index (χ2n) is 8.71. The van der Waals surface area contributed by atoms with Gasteiger partial charge in [-0.15, -0.1) is 0 Å². The molecule has 0 radical (unpaired) electrons. The maximum absolute atomic E-state index is 13.2. The lowest BCUT2D eigenvalue weighted by atomic mass is 9.95. The van der Waals surface area contributed by atoms with Crippen molar-refractivity contribution < 1.29 is 27.1 Å². The minimum Gasteiger partial charge on any atom is -0.495 e. The number of hydrogen-bond acceptors (Lipinski definition) is 5. The van der Waals surface area contributed by atoms with Gasteiger partial charge in [-0.1, -0.05) is 26.8 Å². The van der Waals surface area contributed by atoms with Crippen molar-refractivity contribution in [2.24, 2.45) is 5.41 Å². The van der Waals surface area contributed by atoms with Crippen LogP contribution in [0.1, 0.15) is 31.1 Å². The van der Waals surface area contributed by atoms with Gasteiger partial charge in [-0.3, -0.25) is 14.3 Å². The molecule has 2 amide bonds. The molecule has 3 aromatic carbocycles. The highest BCUT2D eigenvalue weighted by atomic mass is 32.2. The predicted octanol–water partition coefficient (Wildman–Crippen LogP) is 4.87. The number of anilines is 3. The Morgan fingerprint density at radius 3 is 2.17 bits per heavy atom. The summed E-state index contributed by atoms with van der Waals surface area (Å²) in [7, 11) is -2.66. The fourth-order valence-corrected chi connectivity index (χ4v) is 4.00. The summed E-state index contributed by atoms with van der Waals surface area (Å²) in [5.74, 6) is -0.994. The van der Waals surface area contributed by atoms with E-state index in [2.05, 4.69) is 15.4 Å². The minimum atomic E-state index is -4.04. The Morgan fingerprint density at radius 2 is 1.54 bits per heavy atom. The molecule has 8 nitrogen and oxygen atoms in total. The molecule has 0 unspecified atom stereocenters. The zero-order chi connectivity index (χ0) is 25.8. The molecule has 3 N–H and O–H groups in total. The molecular formula is C25H26FN3O5S. The van der Waals surface area contributed by atoms with E-state index in [4.69, 9.17) is 4.74 Å². The van der Waals surface area contributed by atoms with Crippen LogP contribution in [0.3, 0.4) is 0 Å². The van der Waals surface area contributed by atoms with Crippen LogP contribution in [0.4, 0.5) is 21.5 Å². The van der Waals surface area contributed by atoms with E-state index in [1.165, 1.54) is 19.2 Å². The first-order valence-electron chi connectivity index (χ1n) is 10.6. The Hall–Kier alpha value is -3.92. The highest BCUT2D eigenvalue weighted by Crippen LogP contribution is 2.30. The van der Waals surface area contributed by atoms with Gasteiger partial charge in [0.1, 0.15) is 11.6 Å². The molecule has 3 rings (SSSR count). The average molecular weight is 500 g/mol. The molecule has 0 saturated heterocycles. The van der Waals surface area contributed by atoms with E-state index >= 15 is 0 Å². The van der Waals surface area contributed by atoms with Gasteiger partial charge < -0.3 is 15.4 Å². The van der Waals surface area contributed by atoms with Crippen LogP contribution < -0.4 is 20.1 Å². The SMILES string of the molecule is COc1ccc(NC(=O)c2cccc(NC(=O)C(C)(C)C)c2)cc1NS(=O)(=O)c1ccc(F)cc1. The summed E-state index contributed by atoms with van der Waals surface area (Å²) in [5.41, 5.74) is 0.553. The van der Waals surface area contributed by atoms with Crippen molar-refractivity contribution in [3.8, 4) is 5.75 Å². The van der Waals surface area contributed by atoms with Crippen LogP contribution in [0.2, 0.25) is 0 Å². The number of nitrogens with one attached hydrogen (secondary N) is 3. The minimum absolute atomic E-state index is 0.0841. The Labute approximate surface area is 203 Å². The summed E-state index contributed by atoms with van der Waals surface area (Å²) in [6.07, 6.45) is 0. The molecular weight excluding hydrogens is 473 g/mol. The van der Waals surface area contributed by atoms with Gasteiger partial charge >= 0.3 is 0 Å². The first-order valence-corrected chi connectivity index (χ1v) is 12.1. The van der Waals surface area contributed by atoms with E-state index in [9.17, 15) is 22.4 Å². The zero-order valence-corrected chi connectivity index (χ0v) is 20.5. The second kappa shape index (κ2) is 10.1. The van der Waals surface area contributed by atoms with Crippen LogP contribution in [0.5, 0.6) is 5.75 Å². The first kappa shape index (κ1) is 25.7. The van der Waals surface area contributed by atoms with Gasteiger partial charge in [0.25, 0.3) is 15.9 Å². The average Bonchev–Trinajstić information content (AvgIpc) is 2.79. The van der Waals surface area contributed by atoms with E-state index in [1.54, 1.807) is 51.1 Å². The number of halogens is 1. The summed E-state index contributed by atoms with van der Waals surface area (Å²) in [4.78, 5) is 24.9. The fraction of sp³-hybridized carbons (Fsp3) is 0.200. The van der Waals surface area contributed by atoms with Crippen LogP contribution in [0.25, 0.3) is 0 Å². The Bertz CT molecular complexity index is 1350. The molecule has 10 heteroatoms. The van der Waals surface area contributed by atoms with Gasteiger partial charge in [-0.2, -0.15) is 0 Å². The lowest BCUT2D eigenvalue weighted by Crippen LogP contribution is -2.27. The molecule has 0 fully saturated rings. The fourth-order valence-electron chi connectivity index (χ4n) is 2.94. The summed E-state index contributed by atoms with van der Waals surface area (Å²) in [5, 5.41) is 5.48. The first-order chi connectivity index (χ1) is 16.4. The molecule has 184 valence electrons. The van der Waals surface area contributed by atoms with E-state index in [1.807, 2.05) is 0 Å². The molecule has 35 heavy (non-hydrogen) atoms. The third-order valence-electron chi connectivity index (χ3n) is 4.89. The van der Waals surface area contributed by atoms with Crippen LogP contribution in [0, 0.1) is 11.2 Å². The standard InChI is InChI=1S/C25H26FN3O5S/c1-25(2,3)24(31)28-18-7-5-6-16(14-18)23(30)27-19-10-13-22(34-4)21(15-19)29-35(32,33)20-11-8-17(26)9-12-20/h5-15,29H,1-4H3,(H,27,30)(H,28,31). The maximum Gasteiger partial charge on any atom is 0.262 e. The van der Waals surface area contributed by atoms with Gasteiger partial charge in [0.15, 0.2) is 0 Å². The second-order valence-corrected chi connectivity index (χ2v) is 10.4. The van der Waals surface area contributed by atoms with Gasteiger partial charge in [0.05, 0.1) is 17.7 Å². The van der Waals surface area contributed by atoms with E-state index in [0.717, 1.165) is 24.3 Å². The van der Waals surface area contributed by atoms with Crippen molar-refractivity contribution in [3.05, 3.63) is 78.1 Å². The largest absolute Gasteiger partial charge is 0.495 e. The monoisotopic (exact) mass is 499 g/mol. The van der Waals surface area contributed by atoms with Crippen molar-refractivity contribution in [3.63, 3.8) is 0 Å². The molecule has 0 heterocycles. The number of amides is 2. The molecule has 0 aliphatic heterocycles. The third kappa shape index (κ3) is 6.57. The van der Waals surface area contributed by atoms with Crippen LogP contribution in [0.15, 0.2) is 71.6 Å². The van der Waals surface area contributed by atoms with Gasteiger partial charge in [0.2, 0.25) is 5.91 Å². The topological polar surface area (TPSA) is 114 Å². The molecule has 0 aromatic heterocycles. The number of sulfonamides is 1. The number of methoxy groups -OCH3 is 1. The smallest absolute Gasteiger partial charge is 0.262 e. The molecule has 0 saturated carbocycles. The molecule has 0 bridgehead atoms. The van der Waals surface area contributed by atoms with E-state index in [0.29, 0.717) is 16.9 Å². The Kier molecular flexibility index (Phi) is 7.45. The maximum atomic E-state index is 13.2. The van der Waals surface area contributed by atoms with Crippen molar-refractivity contribution in [2.45, 2.75) is 25.7 Å². The molecule has 0 aliphatic rings. The van der Waals surface area contributed by atoms with E-state index < -0.39 is 27.2 Å². The highest BCUT2D eigenvalue weighted by molar-refractivity contribution is 7.92. The molecule has 0 spiro atoms. The van der Waals surface area contributed by atoms with Gasteiger partial charge in [-0.05, 0) is 60.7 Å². The molecule has 0 aliphatic carbocycles.